The Hall–Kier alpha value is -1.79. The van der Waals surface area contributed by atoms with E-state index in [4.69, 9.17) is 17.0 Å². The van der Waals surface area contributed by atoms with Gasteiger partial charge in [-0.3, -0.25) is 9.69 Å². The highest BCUT2D eigenvalue weighted by Gasteiger charge is 2.29. The molecular formula is C16H16N2O2S2. The summed E-state index contributed by atoms with van der Waals surface area (Å²) in [5.41, 5.74) is 3.24. The zero-order valence-corrected chi connectivity index (χ0v) is 14.5. The SMILES string of the molecule is COc1ccc2c(c1)c(C=C1SC(=S)N(C)C1=O)c(C)n2C. The second-order valence-electron chi connectivity index (χ2n) is 5.18. The third kappa shape index (κ3) is 2.23. The maximum absolute atomic E-state index is 12.2. The van der Waals surface area contributed by atoms with Crippen LogP contribution in [0.1, 0.15) is 11.3 Å². The molecule has 1 saturated heterocycles. The zero-order valence-electron chi connectivity index (χ0n) is 12.8. The molecule has 1 aliphatic heterocycles. The predicted octanol–water partition coefficient (Wildman–Crippen LogP) is 3.33. The summed E-state index contributed by atoms with van der Waals surface area (Å²) in [6.45, 7) is 2.05. The van der Waals surface area contributed by atoms with Gasteiger partial charge in [0.05, 0.1) is 12.0 Å². The van der Waals surface area contributed by atoms with Crippen molar-refractivity contribution in [2.75, 3.05) is 14.2 Å². The Morgan fingerprint density at radius 3 is 2.64 bits per heavy atom. The Morgan fingerprint density at radius 1 is 1.32 bits per heavy atom. The standard InChI is InChI=1S/C16H16N2O2S2/c1-9-11(8-14-15(19)18(3)16(21)22-14)12-7-10(20-4)5-6-13(12)17(9)2/h5-8H,1-4H3. The fourth-order valence-electron chi connectivity index (χ4n) is 2.57. The molecular weight excluding hydrogens is 316 g/mol. The largest absolute Gasteiger partial charge is 0.497 e. The van der Waals surface area contributed by atoms with Crippen molar-refractivity contribution in [3.63, 3.8) is 0 Å². The molecule has 114 valence electrons. The number of carbonyl (C=O) groups excluding carboxylic acids is 1. The van der Waals surface area contributed by atoms with E-state index in [1.54, 1.807) is 14.2 Å². The lowest BCUT2D eigenvalue weighted by molar-refractivity contribution is -0.121. The average molecular weight is 332 g/mol. The van der Waals surface area contributed by atoms with Gasteiger partial charge in [0.25, 0.3) is 5.91 Å². The van der Waals surface area contributed by atoms with Gasteiger partial charge in [-0.2, -0.15) is 0 Å². The molecule has 0 unspecified atom stereocenters. The summed E-state index contributed by atoms with van der Waals surface area (Å²) in [5, 5.41) is 1.07. The highest BCUT2D eigenvalue weighted by atomic mass is 32.2. The number of ether oxygens (including phenoxy) is 1. The maximum atomic E-state index is 12.2. The summed E-state index contributed by atoms with van der Waals surface area (Å²) in [6, 6.07) is 5.97. The number of nitrogens with zero attached hydrogens (tertiary/aromatic N) is 2. The molecule has 0 bridgehead atoms. The number of rotatable bonds is 2. The highest BCUT2D eigenvalue weighted by molar-refractivity contribution is 8.26. The molecule has 1 aliphatic rings. The number of thiocarbonyl (C=S) groups is 1. The average Bonchev–Trinajstić information content (AvgIpc) is 2.90. The molecule has 6 heteroatoms. The van der Waals surface area contributed by atoms with Crippen LogP contribution in [0.3, 0.4) is 0 Å². The molecule has 0 N–H and O–H groups in total. The van der Waals surface area contributed by atoms with Gasteiger partial charge in [0, 0.05) is 36.3 Å². The number of benzene rings is 1. The van der Waals surface area contributed by atoms with E-state index in [1.807, 2.05) is 38.2 Å². The van der Waals surface area contributed by atoms with Crippen molar-refractivity contribution in [1.82, 2.24) is 9.47 Å². The van der Waals surface area contributed by atoms with Gasteiger partial charge in [-0.1, -0.05) is 24.0 Å². The highest BCUT2D eigenvalue weighted by Crippen LogP contribution is 2.35. The number of likely N-dealkylation sites (N-methyl/N-ethyl adjacent to an activating group) is 1. The molecule has 1 aromatic carbocycles. The van der Waals surface area contributed by atoms with Crippen molar-refractivity contribution in [2.24, 2.45) is 7.05 Å². The number of aromatic nitrogens is 1. The number of thioether (sulfide) groups is 1. The van der Waals surface area contributed by atoms with Crippen LogP contribution in [0.2, 0.25) is 0 Å². The lowest BCUT2D eigenvalue weighted by atomic mass is 10.1. The molecule has 2 heterocycles. The van der Waals surface area contributed by atoms with Gasteiger partial charge >= 0.3 is 0 Å². The lowest BCUT2D eigenvalue weighted by Gasteiger charge is -2.03. The molecule has 0 radical (unpaired) electrons. The Bertz CT molecular complexity index is 836. The number of aryl methyl sites for hydroxylation is 1. The Kier molecular flexibility index (Phi) is 3.74. The molecule has 22 heavy (non-hydrogen) atoms. The smallest absolute Gasteiger partial charge is 0.265 e. The van der Waals surface area contributed by atoms with E-state index in [1.165, 1.54) is 16.7 Å². The van der Waals surface area contributed by atoms with E-state index in [-0.39, 0.29) is 5.91 Å². The number of fused-ring (bicyclic) bond motifs is 1. The molecule has 3 rings (SSSR count). The molecule has 1 amide bonds. The van der Waals surface area contributed by atoms with Gasteiger partial charge in [0.1, 0.15) is 10.1 Å². The van der Waals surface area contributed by atoms with Crippen LogP contribution < -0.4 is 4.74 Å². The van der Waals surface area contributed by atoms with Crippen molar-refractivity contribution in [2.45, 2.75) is 6.92 Å². The minimum absolute atomic E-state index is 0.0469. The van der Waals surface area contributed by atoms with E-state index < -0.39 is 0 Å². The third-order valence-electron chi connectivity index (χ3n) is 4.01. The van der Waals surface area contributed by atoms with Crippen LogP contribution in [0.4, 0.5) is 0 Å². The minimum Gasteiger partial charge on any atom is -0.497 e. The summed E-state index contributed by atoms with van der Waals surface area (Å²) < 4.78 is 8.03. The van der Waals surface area contributed by atoms with Crippen molar-refractivity contribution < 1.29 is 9.53 Å². The van der Waals surface area contributed by atoms with Crippen molar-refractivity contribution in [1.29, 1.82) is 0 Å². The molecule has 1 aromatic heterocycles. The first-order valence-corrected chi connectivity index (χ1v) is 8.01. The monoisotopic (exact) mass is 332 g/mol. The van der Waals surface area contributed by atoms with E-state index in [0.717, 1.165) is 27.9 Å². The summed E-state index contributed by atoms with van der Waals surface area (Å²) in [4.78, 5) is 14.4. The second kappa shape index (κ2) is 5.44. The van der Waals surface area contributed by atoms with Crippen LogP contribution in [-0.4, -0.2) is 33.9 Å². The van der Waals surface area contributed by atoms with Crippen LogP contribution in [0.5, 0.6) is 5.75 Å². The summed E-state index contributed by atoms with van der Waals surface area (Å²) in [5.74, 6) is 0.755. The van der Waals surface area contributed by atoms with E-state index in [0.29, 0.717) is 9.23 Å². The fourth-order valence-corrected chi connectivity index (χ4v) is 3.73. The zero-order chi connectivity index (χ0) is 16.0. The molecule has 0 atom stereocenters. The van der Waals surface area contributed by atoms with E-state index in [9.17, 15) is 4.79 Å². The number of methoxy groups -OCH3 is 1. The molecule has 0 aliphatic carbocycles. The molecule has 4 nitrogen and oxygen atoms in total. The van der Waals surface area contributed by atoms with Gasteiger partial charge in [-0.25, -0.2) is 0 Å². The van der Waals surface area contributed by atoms with Gasteiger partial charge in [-0.05, 0) is 31.2 Å². The van der Waals surface area contributed by atoms with Gasteiger partial charge in [-0.15, -0.1) is 0 Å². The van der Waals surface area contributed by atoms with Gasteiger partial charge in [0.15, 0.2) is 0 Å². The number of carbonyl (C=O) groups is 1. The first kappa shape index (κ1) is 15.1. The van der Waals surface area contributed by atoms with Crippen molar-refractivity contribution >= 4 is 51.2 Å². The summed E-state index contributed by atoms with van der Waals surface area (Å²) in [7, 11) is 5.38. The predicted molar refractivity (Wildman–Crippen MR) is 95.1 cm³/mol. The summed E-state index contributed by atoms with van der Waals surface area (Å²) >= 11 is 6.53. The van der Waals surface area contributed by atoms with Crippen LogP contribution in [0.25, 0.3) is 17.0 Å². The third-order valence-corrected chi connectivity index (χ3v) is 5.49. The molecule has 1 fully saturated rings. The van der Waals surface area contributed by atoms with Gasteiger partial charge < -0.3 is 9.30 Å². The fraction of sp³-hybridized carbons (Fsp3) is 0.250. The first-order valence-electron chi connectivity index (χ1n) is 6.78. The normalized spacial score (nSPS) is 17.1. The lowest BCUT2D eigenvalue weighted by Crippen LogP contribution is -2.22. The van der Waals surface area contributed by atoms with Crippen LogP contribution >= 0.6 is 24.0 Å². The quantitative estimate of drug-likeness (QED) is 0.624. The van der Waals surface area contributed by atoms with Crippen molar-refractivity contribution in [3.05, 3.63) is 34.4 Å². The second-order valence-corrected chi connectivity index (χ2v) is 6.86. The Labute approximate surface area is 138 Å². The molecule has 2 aromatic rings. The maximum Gasteiger partial charge on any atom is 0.265 e. The van der Waals surface area contributed by atoms with Crippen LogP contribution in [-0.2, 0) is 11.8 Å². The topological polar surface area (TPSA) is 34.5 Å². The van der Waals surface area contributed by atoms with E-state index in [2.05, 4.69) is 4.57 Å². The number of hydrogen-bond acceptors (Lipinski definition) is 4. The van der Waals surface area contributed by atoms with Crippen molar-refractivity contribution in [3.8, 4) is 5.75 Å². The first-order chi connectivity index (χ1) is 10.4. The van der Waals surface area contributed by atoms with Gasteiger partial charge in [0.2, 0.25) is 0 Å². The Balaban J connectivity index is 2.21. The number of hydrogen-bond donors (Lipinski definition) is 0. The van der Waals surface area contributed by atoms with Crippen LogP contribution in [0, 0.1) is 6.92 Å². The number of amides is 1. The molecule has 0 spiro atoms. The van der Waals surface area contributed by atoms with E-state index >= 15 is 0 Å². The summed E-state index contributed by atoms with van der Waals surface area (Å²) in [6.07, 6.45) is 1.93. The Morgan fingerprint density at radius 2 is 2.05 bits per heavy atom. The van der Waals surface area contributed by atoms with Crippen LogP contribution in [0.15, 0.2) is 23.1 Å². The molecule has 0 saturated carbocycles. The minimum atomic E-state index is -0.0469.